The SMILES string of the molecule is CC(=O)Nc1ccc(OCCCN2CCN(c3cccc4ccsc34)CC2)cc1. The molecule has 5 nitrogen and oxygen atoms in total. The third-order valence-corrected chi connectivity index (χ3v) is 6.19. The molecular weight excluding hydrogens is 382 g/mol. The van der Waals surface area contributed by atoms with E-state index in [1.165, 1.54) is 22.7 Å². The number of carbonyl (C=O) groups excluding carboxylic acids is 1. The smallest absolute Gasteiger partial charge is 0.221 e. The van der Waals surface area contributed by atoms with E-state index in [0.717, 1.165) is 50.6 Å². The number of fused-ring (bicyclic) bond motifs is 1. The molecule has 0 saturated carbocycles. The number of carbonyl (C=O) groups is 1. The van der Waals surface area contributed by atoms with E-state index in [1.807, 2.05) is 35.6 Å². The van der Waals surface area contributed by atoms with E-state index in [9.17, 15) is 4.79 Å². The zero-order chi connectivity index (χ0) is 20.1. The monoisotopic (exact) mass is 409 g/mol. The van der Waals surface area contributed by atoms with Gasteiger partial charge in [0.2, 0.25) is 5.91 Å². The number of rotatable bonds is 7. The number of nitrogens with zero attached hydrogens (tertiary/aromatic N) is 2. The summed E-state index contributed by atoms with van der Waals surface area (Å²) in [5.41, 5.74) is 2.17. The predicted octanol–water partition coefficient (Wildman–Crippen LogP) is 4.45. The normalized spacial score (nSPS) is 14.9. The largest absolute Gasteiger partial charge is 0.494 e. The lowest BCUT2D eigenvalue weighted by atomic mass is 10.2. The summed E-state index contributed by atoms with van der Waals surface area (Å²) >= 11 is 1.83. The lowest BCUT2D eigenvalue weighted by Crippen LogP contribution is -2.46. The zero-order valence-corrected chi connectivity index (χ0v) is 17.6. The molecular formula is C23H27N3O2S. The number of hydrogen-bond donors (Lipinski definition) is 1. The third kappa shape index (κ3) is 5.08. The van der Waals surface area contributed by atoms with Gasteiger partial charge in [0.25, 0.3) is 0 Å². The van der Waals surface area contributed by atoms with Gasteiger partial charge < -0.3 is 15.0 Å². The van der Waals surface area contributed by atoms with Crippen molar-refractivity contribution in [3.8, 4) is 5.75 Å². The summed E-state index contributed by atoms with van der Waals surface area (Å²) in [7, 11) is 0. The maximum Gasteiger partial charge on any atom is 0.221 e. The van der Waals surface area contributed by atoms with E-state index in [2.05, 4.69) is 44.8 Å². The lowest BCUT2D eigenvalue weighted by molar-refractivity contribution is -0.114. The minimum atomic E-state index is -0.0640. The summed E-state index contributed by atoms with van der Waals surface area (Å²) < 4.78 is 7.24. The molecule has 1 N–H and O–H groups in total. The van der Waals surface area contributed by atoms with Gasteiger partial charge in [0.05, 0.1) is 17.0 Å². The molecule has 1 saturated heterocycles. The molecule has 1 aliphatic heterocycles. The second kappa shape index (κ2) is 9.29. The average Bonchev–Trinajstić information content (AvgIpc) is 3.21. The Morgan fingerprint density at radius 1 is 1.07 bits per heavy atom. The maximum atomic E-state index is 11.1. The summed E-state index contributed by atoms with van der Waals surface area (Å²) in [6, 6.07) is 16.3. The van der Waals surface area contributed by atoms with Gasteiger partial charge in [0.15, 0.2) is 0 Å². The number of piperazine rings is 1. The van der Waals surface area contributed by atoms with Crippen LogP contribution < -0.4 is 15.0 Å². The van der Waals surface area contributed by atoms with Crippen molar-refractivity contribution < 1.29 is 9.53 Å². The second-order valence-corrected chi connectivity index (χ2v) is 8.27. The van der Waals surface area contributed by atoms with E-state index < -0.39 is 0 Å². The molecule has 0 unspecified atom stereocenters. The molecule has 1 aromatic heterocycles. The molecule has 6 heteroatoms. The molecule has 29 heavy (non-hydrogen) atoms. The Morgan fingerprint density at radius 2 is 1.86 bits per heavy atom. The van der Waals surface area contributed by atoms with Crippen LogP contribution in [0.3, 0.4) is 0 Å². The number of thiophene rings is 1. The van der Waals surface area contributed by atoms with Crippen molar-refractivity contribution in [3.05, 3.63) is 53.9 Å². The number of nitrogens with one attached hydrogen (secondary N) is 1. The van der Waals surface area contributed by atoms with E-state index in [4.69, 9.17) is 4.74 Å². The molecule has 0 aliphatic carbocycles. The number of anilines is 2. The van der Waals surface area contributed by atoms with Crippen LogP contribution in [0.5, 0.6) is 5.75 Å². The van der Waals surface area contributed by atoms with Gasteiger partial charge in [0.1, 0.15) is 5.75 Å². The number of ether oxygens (including phenoxy) is 1. The van der Waals surface area contributed by atoms with Crippen molar-refractivity contribution in [2.75, 3.05) is 49.5 Å². The Morgan fingerprint density at radius 3 is 2.62 bits per heavy atom. The number of amides is 1. The molecule has 152 valence electrons. The molecule has 4 rings (SSSR count). The van der Waals surface area contributed by atoms with Crippen LogP contribution in [0.1, 0.15) is 13.3 Å². The summed E-state index contributed by atoms with van der Waals surface area (Å²) in [5, 5.41) is 6.28. The highest BCUT2D eigenvalue weighted by Crippen LogP contribution is 2.31. The molecule has 0 spiro atoms. The predicted molar refractivity (Wildman–Crippen MR) is 121 cm³/mol. The van der Waals surface area contributed by atoms with Crippen molar-refractivity contribution in [2.24, 2.45) is 0 Å². The van der Waals surface area contributed by atoms with Crippen LogP contribution in [0.15, 0.2) is 53.9 Å². The van der Waals surface area contributed by atoms with Crippen LogP contribution in [0.4, 0.5) is 11.4 Å². The van der Waals surface area contributed by atoms with Crippen molar-refractivity contribution in [1.29, 1.82) is 0 Å². The molecule has 3 aromatic rings. The van der Waals surface area contributed by atoms with Gasteiger partial charge in [-0.25, -0.2) is 0 Å². The van der Waals surface area contributed by atoms with Gasteiger partial charge in [0, 0.05) is 45.3 Å². The van der Waals surface area contributed by atoms with Gasteiger partial charge in [-0.3, -0.25) is 9.69 Å². The second-order valence-electron chi connectivity index (χ2n) is 7.35. The summed E-state index contributed by atoms with van der Waals surface area (Å²) in [6.45, 7) is 7.59. The van der Waals surface area contributed by atoms with Crippen LogP contribution >= 0.6 is 11.3 Å². The first kappa shape index (κ1) is 19.7. The Labute approximate surface area is 175 Å². The van der Waals surface area contributed by atoms with E-state index >= 15 is 0 Å². The highest BCUT2D eigenvalue weighted by Gasteiger charge is 2.18. The van der Waals surface area contributed by atoms with E-state index in [1.54, 1.807) is 0 Å². The van der Waals surface area contributed by atoms with E-state index in [0.29, 0.717) is 6.61 Å². The summed E-state index contributed by atoms with van der Waals surface area (Å²) in [4.78, 5) is 16.1. The zero-order valence-electron chi connectivity index (χ0n) is 16.8. The Kier molecular flexibility index (Phi) is 6.32. The standard InChI is InChI=1S/C23H27N3O2S/c1-18(27)24-20-6-8-21(9-7-20)28-16-3-11-25-12-14-26(15-13-25)22-5-2-4-19-10-17-29-23(19)22/h2,4-10,17H,3,11-16H2,1H3,(H,24,27). The Hall–Kier alpha value is -2.57. The highest BCUT2D eigenvalue weighted by molar-refractivity contribution is 7.17. The van der Waals surface area contributed by atoms with Crippen LogP contribution in [-0.4, -0.2) is 50.1 Å². The van der Waals surface area contributed by atoms with Crippen LogP contribution in [0, 0.1) is 0 Å². The third-order valence-electron chi connectivity index (χ3n) is 5.23. The fraction of sp³-hybridized carbons (Fsp3) is 0.348. The van der Waals surface area contributed by atoms with Gasteiger partial charge >= 0.3 is 0 Å². The first-order valence-electron chi connectivity index (χ1n) is 10.1. The van der Waals surface area contributed by atoms with Gasteiger partial charge in [-0.15, -0.1) is 11.3 Å². The molecule has 1 amide bonds. The Bertz CT molecular complexity index is 946. The molecule has 0 bridgehead atoms. The van der Waals surface area contributed by atoms with Crippen molar-refractivity contribution in [2.45, 2.75) is 13.3 Å². The highest BCUT2D eigenvalue weighted by atomic mass is 32.1. The molecule has 0 radical (unpaired) electrons. The summed E-state index contributed by atoms with van der Waals surface area (Å²) in [5.74, 6) is 0.777. The van der Waals surface area contributed by atoms with Gasteiger partial charge in [-0.1, -0.05) is 12.1 Å². The fourth-order valence-corrected chi connectivity index (χ4v) is 4.70. The van der Waals surface area contributed by atoms with Gasteiger partial charge in [-0.2, -0.15) is 0 Å². The lowest BCUT2D eigenvalue weighted by Gasteiger charge is -2.36. The quantitative estimate of drug-likeness (QED) is 0.586. The van der Waals surface area contributed by atoms with Crippen LogP contribution in [0.25, 0.3) is 10.1 Å². The van der Waals surface area contributed by atoms with Crippen molar-refractivity contribution >= 4 is 38.7 Å². The first-order chi connectivity index (χ1) is 14.2. The fourth-order valence-electron chi connectivity index (χ4n) is 3.75. The summed E-state index contributed by atoms with van der Waals surface area (Å²) in [6.07, 6.45) is 1.01. The van der Waals surface area contributed by atoms with Gasteiger partial charge in [-0.05, 0) is 53.6 Å². The first-order valence-corrected chi connectivity index (χ1v) is 11.0. The minimum absolute atomic E-state index is 0.0640. The Balaban J connectivity index is 1.19. The number of benzene rings is 2. The minimum Gasteiger partial charge on any atom is -0.494 e. The van der Waals surface area contributed by atoms with Crippen LogP contribution in [-0.2, 0) is 4.79 Å². The van der Waals surface area contributed by atoms with Crippen molar-refractivity contribution in [3.63, 3.8) is 0 Å². The number of hydrogen-bond acceptors (Lipinski definition) is 5. The maximum absolute atomic E-state index is 11.1. The molecule has 1 fully saturated rings. The molecule has 1 aliphatic rings. The van der Waals surface area contributed by atoms with Crippen molar-refractivity contribution in [1.82, 2.24) is 4.90 Å². The molecule has 2 aromatic carbocycles. The molecule has 0 atom stereocenters. The molecule has 2 heterocycles. The topological polar surface area (TPSA) is 44.8 Å². The van der Waals surface area contributed by atoms with E-state index in [-0.39, 0.29) is 5.91 Å². The average molecular weight is 410 g/mol. The van der Waals surface area contributed by atoms with Crippen LogP contribution in [0.2, 0.25) is 0 Å².